The number of anilines is 2. The van der Waals surface area contributed by atoms with Crippen molar-refractivity contribution >= 4 is 35.0 Å². The SMILES string of the molecule is COc1ccc(N(C)C(=O)C(Cc2ccccc2)NC(=O)c2cc(C(=O)N[C@@H](Cc3ccccc3)C(=O)N(C)c3ccc(OC)cc3)ncn2)cc1. The highest BCUT2D eigenvalue weighted by Crippen LogP contribution is 2.21. The highest BCUT2D eigenvalue weighted by molar-refractivity contribution is 6.04. The highest BCUT2D eigenvalue weighted by Gasteiger charge is 2.29. The molecule has 0 fully saturated rings. The molecule has 0 spiro atoms. The molecule has 1 aromatic heterocycles. The number of aromatic nitrogens is 2. The molecule has 0 saturated carbocycles. The van der Waals surface area contributed by atoms with Gasteiger partial charge in [0.1, 0.15) is 41.3 Å². The third kappa shape index (κ3) is 9.36. The van der Waals surface area contributed by atoms with Crippen molar-refractivity contribution < 1.29 is 28.7 Å². The fourth-order valence-electron chi connectivity index (χ4n) is 5.50. The zero-order valence-electron chi connectivity index (χ0n) is 29.4. The van der Waals surface area contributed by atoms with E-state index >= 15 is 0 Å². The largest absolute Gasteiger partial charge is 0.497 e. The number of ether oxygens (including phenoxy) is 2. The molecule has 2 atom stereocenters. The summed E-state index contributed by atoms with van der Waals surface area (Å²) in [5, 5.41) is 5.61. The van der Waals surface area contributed by atoms with E-state index in [0.29, 0.717) is 22.9 Å². The Bertz CT molecular complexity index is 1830. The number of hydrogen-bond acceptors (Lipinski definition) is 8. The molecular weight excluding hydrogens is 660 g/mol. The van der Waals surface area contributed by atoms with Crippen molar-refractivity contribution in [3.63, 3.8) is 0 Å². The Morgan fingerprint density at radius 1 is 0.577 bits per heavy atom. The van der Waals surface area contributed by atoms with E-state index in [1.54, 1.807) is 76.8 Å². The number of nitrogens with zero attached hydrogens (tertiary/aromatic N) is 4. The van der Waals surface area contributed by atoms with Gasteiger partial charge < -0.3 is 29.9 Å². The van der Waals surface area contributed by atoms with Gasteiger partial charge in [-0.25, -0.2) is 9.97 Å². The minimum absolute atomic E-state index is 0.126. The van der Waals surface area contributed by atoms with E-state index in [9.17, 15) is 19.2 Å². The summed E-state index contributed by atoms with van der Waals surface area (Å²) in [7, 11) is 6.37. The molecule has 0 aliphatic carbocycles. The smallest absolute Gasteiger partial charge is 0.270 e. The van der Waals surface area contributed by atoms with Crippen LogP contribution in [0.4, 0.5) is 11.4 Å². The van der Waals surface area contributed by atoms with Crippen molar-refractivity contribution in [2.75, 3.05) is 38.1 Å². The lowest BCUT2D eigenvalue weighted by Crippen LogP contribution is -2.49. The van der Waals surface area contributed by atoms with E-state index in [1.165, 1.54) is 15.9 Å². The van der Waals surface area contributed by atoms with E-state index in [-0.39, 0.29) is 36.0 Å². The first kappa shape index (κ1) is 36.7. The number of benzene rings is 4. The summed E-state index contributed by atoms with van der Waals surface area (Å²) < 4.78 is 10.5. The van der Waals surface area contributed by atoms with E-state index in [0.717, 1.165) is 17.5 Å². The van der Waals surface area contributed by atoms with Gasteiger partial charge in [0.15, 0.2) is 0 Å². The molecule has 0 radical (unpaired) electrons. The van der Waals surface area contributed by atoms with Gasteiger partial charge in [-0.2, -0.15) is 0 Å². The summed E-state index contributed by atoms with van der Waals surface area (Å²) in [4.78, 5) is 66.0. The van der Waals surface area contributed by atoms with Crippen molar-refractivity contribution in [3.05, 3.63) is 144 Å². The predicted octanol–water partition coefficient (Wildman–Crippen LogP) is 4.50. The Morgan fingerprint density at radius 2 is 0.942 bits per heavy atom. The standard InChI is InChI=1S/C40H40N6O6/c1-45(29-15-19-31(51-3)20-16-29)39(49)35(23-27-11-7-5-8-12-27)43-37(47)33-25-34(42-26-41-33)38(48)44-36(24-28-13-9-6-10-14-28)40(50)46(2)30-17-21-32(52-4)22-18-30/h5-22,25-26,35-36H,23-24H2,1-4H3,(H,43,47)(H,44,48)/t35-,36?/m0/s1. The summed E-state index contributed by atoms with van der Waals surface area (Å²) in [6.45, 7) is 0. The van der Waals surface area contributed by atoms with Gasteiger partial charge in [0.05, 0.1) is 14.2 Å². The lowest BCUT2D eigenvalue weighted by atomic mass is 10.0. The molecular formula is C40H40N6O6. The molecule has 1 heterocycles. The summed E-state index contributed by atoms with van der Waals surface area (Å²) >= 11 is 0. The molecule has 52 heavy (non-hydrogen) atoms. The molecule has 5 rings (SSSR count). The fraction of sp³-hybridized carbons (Fsp3) is 0.200. The van der Waals surface area contributed by atoms with Gasteiger partial charge in [0.25, 0.3) is 11.8 Å². The van der Waals surface area contributed by atoms with Crippen LogP contribution >= 0.6 is 0 Å². The third-order valence-electron chi connectivity index (χ3n) is 8.49. The van der Waals surface area contributed by atoms with Crippen LogP contribution in [0.5, 0.6) is 11.5 Å². The zero-order chi connectivity index (χ0) is 37.0. The van der Waals surface area contributed by atoms with Gasteiger partial charge in [-0.1, -0.05) is 60.7 Å². The van der Waals surface area contributed by atoms with Gasteiger partial charge in [-0.3, -0.25) is 19.2 Å². The van der Waals surface area contributed by atoms with Crippen LogP contribution in [0.1, 0.15) is 32.1 Å². The van der Waals surface area contributed by atoms with Crippen LogP contribution in [-0.2, 0) is 22.4 Å². The van der Waals surface area contributed by atoms with E-state index in [1.807, 2.05) is 60.7 Å². The van der Waals surface area contributed by atoms with Crippen LogP contribution in [0.3, 0.4) is 0 Å². The Morgan fingerprint density at radius 3 is 1.29 bits per heavy atom. The topological polar surface area (TPSA) is 143 Å². The van der Waals surface area contributed by atoms with Crippen LogP contribution in [0, 0.1) is 0 Å². The summed E-state index contributed by atoms with van der Waals surface area (Å²) in [6.07, 6.45) is 1.50. The van der Waals surface area contributed by atoms with Crippen molar-refractivity contribution in [2.45, 2.75) is 24.9 Å². The zero-order valence-corrected chi connectivity index (χ0v) is 29.4. The first-order chi connectivity index (χ1) is 25.2. The molecule has 2 N–H and O–H groups in total. The quantitative estimate of drug-likeness (QED) is 0.173. The second kappa shape index (κ2) is 17.4. The lowest BCUT2D eigenvalue weighted by molar-refractivity contribution is -0.120. The minimum Gasteiger partial charge on any atom is -0.497 e. The van der Waals surface area contributed by atoms with Gasteiger partial charge >= 0.3 is 0 Å². The molecule has 0 aliphatic heterocycles. The normalized spacial score (nSPS) is 11.8. The molecule has 0 aliphatic rings. The molecule has 0 saturated heterocycles. The second-order valence-corrected chi connectivity index (χ2v) is 11.9. The Labute approximate surface area is 302 Å². The highest BCUT2D eigenvalue weighted by atomic mass is 16.5. The average Bonchev–Trinajstić information content (AvgIpc) is 3.20. The summed E-state index contributed by atoms with van der Waals surface area (Å²) in [6, 6.07) is 31.9. The second-order valence-electron chi connectivity index (χ2n) is 11.9. The molecule has 4 aromatic carbocycles. The Hall–Kier alpha value is -6.56. The van der Waals surface area contributed by atoms with Crippen LogP contribution < -0.4 is 29.9 Å². The van der Waals surface area contributed by atoms with E-state index in [4.69, 9.17) is 9.47 Å². The van der Waals surface area contributed by atoms with Gasteiger partial charge in [-0.15, -0.1) is 0 Å². The molecule has 0 bridgehead atoms. The van der Waals surface area contributed by atoms with Crippen LogP contribution in [0.15, 0.2) is 122 Å². The van der Waals surface area contributed by atoms with E-state index < -0.39 is 23.9 Å². The molecule has 266 valence electrons. The third-order valence-corrected chi connectivity index (χ3v) is 8.49. The number of nitrogens with one attached hydrogen (secondary N) is 2. The maximum atomic E-state index is 13.8. The molecule has 12 nitrogen and oxygen atoms in total. The lowest BCUT2D eigenvalue weighted by Gasteiger charge is -2.25. The number of methoxy groups -OCH3 is 2. The number of amides is 4. The monoisotopic (exact) mass is 700 g/mol. The van der Waals surface area contributed by atoms with Crippen molar-refractivity contribution in [2.24, 2.45) is 0 Å². The van der Waals surface area contributed by atoms with Crippen molar-refractivity contribution in [1.29, 1.82) is 0 Å². The van der Waals surface area contributed by atoms with Crippen LogP contribution in [0.2, 0.25) is 0 Å². The number of carbonyl (C=O) groups excluding carboxylic acids is 4. The number of hydrogen-bond donors (Lipinski definition) is 2. The Balaban J connectivity index is 1.35. The van der Waals surface area contributed by atoms with Gasteiger partial charge in [0.2, 0.25) is 11.8 Å². The maximum Gasteiger partial charge on any atom is 0.270 e. The molecule has 5 aromatic rings. The predicted molar refractivity (Wildman–Crippen MR) is 198 cm³/mol. The summed E-state index contributed by atoms with van der Waals surface area (Å²) in [5.74, 6) is -0.796. The molecule has 12 heteroatoms. The number of likely N-dealkylation sites (N-methyl/N-ethyl adjacent to an activating group) is 2. The average molecular weight is 701 g/mol. The Kier molecular flexibility index (Phi) is 12.3. The maximum absolute atomic E-state index is 13.8. The first-order valence-corrected chi connectivity index (χ1v) is 16.5. The van der Waals surface area contributed by atoms with Crippen LogP contribution in [0.25, 0.3) is 0 Å². The minimum atomic E-state index is -0.976. The number of carbonyl (C=O) groups is 4. The van der Waals surface area contributed by atoms with E-state index in [2.05, 4.69) is 20.6 Å². The van der Waals surface area contributed by atoms with Crippen molar-refractivity contribution in [1.82, 2.24) is 20.6 Å². The van der Waals surface area contributed by atoms with Gasteiger partial charge in [-0.05, 0) is 59.7 Å². The van der Waals surface area contributed by atoms with Crippen molar-refractivity contribution in [3.8, 4) is 11.5 Å². The number of rotatable bonds is 14. The fourth-order valence-corrected chi connectivity index (χ4v) is 5.50. The molecule has 1 unspecified atom stereocenters. The first-order valence-electron chi connectivity index (χ1n) is 16.5. The van der Waals surface area contributed by atoms with Gasteiger partial charge in [0, 0.05) is 44.4 Å². The van der Waals surface area contributed by atoms with Crippen LogP contribution in [-0.4, -0.2) is 74.0 Å². The molecule has 4 amide bonds. The summed E-state index contributed by atoms with van der Waals surface area (Å²) in [5.41, 5.74) is 2.63.